The summed E-state index contributed by atoms with van der Waals surface area (Å²) >= 11 is 0. The Labute approximate surface area is 150 Å². The van der Waals surface area contributed by atoms with Gasteiger partial charge in [-0.2, -0.15) is 21.1 Å². The third-order valence-corrected chi connectivity index (χ3v) is 4.05. The maximum atomic E-state index is 4.19. The van der Waals surface area contributed by atoms with Crippen LogP contribution in [0.4, 0.5) is 0 Å². The molecule has 112 valence electrons. The van der Waals surface area contributed by atoms with E-state index >= 15 is 0 Å². The van der Waals surface area contributed by atoms with Crippen LogP contribution in [-0.2, 0) is 0 Å². The molecule has 0 rings (SSSR count). The SMILES string of the molecule is C[N-]C(C)CN(C)CC(C)[N-]C.C[N-][Si](C)(C)C.[La+3]. The van der Waals surface area contributed by atoms with E-state index in [0.29, 0.717) is 12.1 Å². The molecule has 0 radical (unpaired) electrons. The normalized spacial score (nSPS) is 14.2. The molecule has 0 spiro atoms. The standard InChI is InChI=1S/C9H21N3.C4H12NSi.La/c1-8(10-3)6-12(5)7-9(2)11-4;1-5-6(2,3)4;/h8-9H,6-7H2,1-5H3;1-4H3;/q-2;-1;+3. The molecule has 0 aromatic carbocycles. The molecule has 2 unspecified atom stereocenters. The van der Waals surface area contributed by atoms with E-state index in [0.717, 1.165) is 13.1 Å². The van der Waals surface area contributed by atoms with Gasteiger partial charge in [-0.1, -0.05) is 41.7 Å². The average molecular weight is 412 g/mol. The Morgan fingerprint density at radius 1 is 0.895 bits per heavy atom. The van der Waals surface area contributed by atoms with Crippen LogP contribution in [-0.4, -0.2) is 66.5 Å². The minimum absolute atomic E-state index is 0. The van der Waals surface area contributed by atoms with Gasteiger partial charge in [-0.25, -0.2) is 0 Å². The van der Waals surface area contributed by atoms with Crippen molar-refractivity contribution in [2.45, 2.75) is 45.6 Å². The molecule has 4 nitrogen and oxygen atoms in total. The Balaban J connectivity index is -0.000000313. The van der Waals surface area contributed by atoms with Gasteiger partial charge in [0.2, 0.25) is 0 Å². The summed E-state index contributed by atoms with van der Waals surface area (Å²) in [6, 6.07) is 0.859. The van der Waals surface area contributed by atoms with Crippen LogP contribution in [0.25, 0.3) is 15.6 Å². The van der Waals surface area contributed by atoms with E-state index in [1.807, 2.05) is 21.1 Å². The van der Waals surface area contributed by atoms with E-state index in [1.54, 1.807) is 0 Å². The average Bonchev–Trinajstić information content (AvgIpc) is 2.28. The summed E-state index contributed by atoms with van der Waals surface area (Å²) in [7, 11) is 6.74. The van der Waals surface area contributed by atoms with Crippen LogP contribution < -0.4 is 0 Å². The van der Waals surface area contributed by atoms with Gasteiger partial charge in [0.25, 0.3) is 0 Å². The Morgan fingerprint density at radius 2 is 1.16 bits per heavy atom. The fraction of sp³-hybridized carbons (Fsp3) is 1.00. The van der Waals surface area contributed by atoms with Gasteiger partial charge in [0.1, 0.15) is 0 Å². The van der Waals surface area contributed by atoms with Crippen molar-refractivity contribution in [1.29, 1.82) is 0 Å². The van der Waals surface area contributed by atoms with E-state index in [9.17, 15) is 0 Å². The van der Waals surface area contributed by atoms with Crippen LogP contribution in [0.1, 0.15) is 13.8 Å². The summed E-state index contributed by atoms with van der Waals surface area (Å²) in [4.78, 5) is 6.43. The van der Waals surface area contributed by atoms with Gasteiger partial charge in [0.15, 0.2) is 0 Å². The first-order valence-electron chi connectivity index (χ1n) is 6.63. The second-order valence-electron chi connectivity index (χ2n) is 5.83. The molecule has 0 aliphatic heterocycles. The monoisotopic (exact) mass is 412 g/mol. The van der Waals surface area contributed by atoms with Crippen molar-refractivity contribution in [2.24, 2.45) is 0 Å². The zero-order valence-electron chi connectivity index (χ0n) is 14.4. The van der Waals surface area contributed by atoms with Gasteiger partial charge in [-0.15, -0.1) is 12.1 Å². The fourth-order valence-electron chi connectivity index (χ4n) is 1.14. The Kier molecular flexibility index (Phi) is 18.8. The Hall–Kier alpha value is 1.25. The third-order valence-electron chi connectivity index (χ3n) is 2.70. The number of hydrogen-bond acceptors (Lipinski definition) is 1. The van der Waals surface area contributed by atoms with Gasteiger partial charge < -0.3 is 20.5 Å². The van der Waals surface area contributed by atoms with Crippen LogP contribution >= 0.6 is 0 Å². The molecule has 0 aromatic rings. The predicted octanol–water partition coefficient (Wildman–Crippen LogP) is 3.53. The maximum Gasteiger partial charge on any atom is 3.00 e. The summed E-state index contributed by atoms with van der Waals surface area (Å²) in [5.74, 6) is 0. The molecule has 0 heterocycles. The molecule has 0 bridgehead atoms. The third kappa shape index (κ3) is 21.7. The number of likely N-dealkylation sites (N-methyl/N-ethyl adjacent to an activating group) is 3. The van der Waals surface area contributed by atoms with E-state index in [1.165, 1.54) is 0 Å². The van der Waals surface area contributed by atoms with Crippen molar-refractivity contribution in [2.75, 3.05) is 41.3 Å². The minimum Gasteiger partial charge on any atom is -0.668 e. The first-order valence-corrected chi connectivity index (χ1v) is 10.1. The van der Waals surface area contributed by atoms with Crippen LogP contribution in [0.15, 0.2) is 0 Å². The topological polar surface area (TPSA) is 45.5 Å². The maximum absolute atomic E-state index is 4.19. The number of nitrogens with zero attached hydrogens (tertiary/aromatic N) is 4. The van der Waals surface area contributed by atoms with Crippen molar-refractivity contribution < 1.29 is 35.6 Å². The Bertz CT molecular complexity index is 176. The molecule has 19 heavy (non-hydrogen) atoms. The van der Waals surface area contributed by atoms with Crippen LogP contribution in [0.5, 0.6) is 0 Å². The van der Waals surface area contributed by atoms with Crippen molar-refractivity contribution in [3.8, 4) is 0 Å². The predicted molar refractivity (Wildman–Crippen MR) is 87.6 cm³/mol. The van der Waals surface area contributed by atoms with Crippen molar-refractivity contribution in [3.05, 3.63) is 15.6 Å². The molecule has 0 amide bonds. The molecular formula is C13H33LaN4Si. The van der Waals surface area contributed by atoms with E-state index in [4.69, 9.17) is 0 Å². The van der Waals surface area contributed by atoms with Crippen molar-refractivity contribution in [1.82, 2.24) is 4.90 Å². The smallest absolute Gasteiger partial charge is 0.668 e. The molecule has 0 aliphatic rings. The first-order chi connectivity index (χ1) is 8.16. The molecule has 0 aromatic heterocycles. The summed E-state index contributed by atoms with van der Waals surface area (Å²) in [5, 5.41) is 8.38. The van der Waals surface area contributed by atoms with Crippen molar-refractivity contribution >= 4 is 8.24 Å². The molecule has 2 atom stereocenters. The van der Waals surface area contributed by atoms with Crippen LogP contribution in [0.3, 0.4) is 0 Å². The van der Waals surface area contributed by atoms with Crippen LogP contribution in [0, 0.1) is 35.6 Å². The second kappa shape index (κ2) is 14.2. The second-order valence-corrected chi connectivity index (χ2v) is 10.6. The van der Waals surface area contributed by atoms with Gasteiger partial charge in [-0.05, 0) is 20.1 Å². The summed E-state index contributed by atoms with van der Waals surface area (Å²) < 4.78 is 0. The molecular weight excluding hydrogens is 379 g/mol. The first kappa shape index (κ1) is 25.2. The molecule has 6 heteroatoms. The van der Waals surface area contributed by atoms with E-state index in [2.05, 4.69) is 61.1 Å². The summed E-state index contributed by atoms with van der Waals surface area (Å²) in [5.41, 5.74) is 0. The zero-order chi connectivity index (χ0) is 14.8. The quantitative estimate of drug-likeness (QED) is 0.590. The van der Waals surface area contributed by atoms with Gasteiger partial charge in [-0.3, -0.25) is 0 Å². The number of hydrogen-bond donors (Lipinski definition) is 0. The van der Waals surface area contributed by atoms with Gasteiger partial charge in [0.05, 0.1) is 0 Å². The summed E-state index contributed by atoms with van der Waals surface area (Å²) in [6.45, 7) is 13.0. The minimum atomic E-state index is -1.01. The summed E-state index contributed by atoms with van der Waals surface area (Å²) in [6.07, 6.45) is 0. The van der Waals surface area contributed by atoms with E-state index < -0.39 is 8.24 Å². The molecule has 0 aliphatic carbocycles. The fourth-order valence-corrected chi connectivity index (χ4v) is 1.14. The molecule has 0 saturated heterocycles. The molecule has 0 N–H and O–H groups in total. The zero-order valence-corrected chi connectivity index (χ0v) is 19.1. The number of rotatable bonds is 7. The molecule has 0 fully saturated rings. The largest absolute Gasteiger partial charge is 3.00 e. The van der Waals surface area contributed by atoms with Crippen molar-refractivity contribution in [3.63, 3.8) is 0 Å². The van der Waals surface area contributed by atoms with Crippen LogP contribution in [0.2, 0.25) is 19.6 Å². The Morgan fingerprint density at radius 3 is 1.32 bits per heavy atom. The van der Waals surface area contributed by atoms with Gasteiger partial charge >= 0.3 is 35.6 Å². The van der Waals surface area contributed by atoms with E-state index in [-0.39, 0.29) is 35.6 Å². The molecule has 0 saturated carbocycles. The van der Waals surface area contributed by atoms with Gasteiger partial charge in [0, 0.05) is 0 Å².